The number of urea groups is 1. The van der Waals surface area contributed by atoms with Gasteiger partial charge in [0, 0.05) is 41.8 Å². The fraction of sp³-hybridized carbons (Fsp3) is 0.160. The second-order valence-corrected chi connectivity index (χ2v) is 7.96. The van der Waals surface area contributed by atoms with Crippen molar-refractivity contribution in [3.63, 3.8) is 0 Å². The molecule has 0 aromatic heterocycles. The number of hydrogen-bond donors (Lipinski definition) is 3. The maximum Gasteiger partial charge on any atom is 0.323 e. The summed E-state index contributed by atoms with van der Waals surface area (Å²) >= 11 is 0. The van der Waals surface area contributed by atoms with Crippen molar-refractivity contribution in [1.29, 1.82) is 0 Å². The number of benzene rings is 3. The van der Waals surface area contributed by atoms with Gasteiger partial charge in [-0.1, -0.05) is 24.3 Å². The normalized spacial score (nSPS) is 16.3. The zero-order chi connectivity index (χ0) is 23.5. The van der Waals surface area contributed by atoms with E-state index in [1.165, 1.54) is 0 Å². The van der Waals surface area contributed by atoms with Gasteiger partial charge in [0.1, 0.15) is 0 Å². The first-order chi connectivity index (χ1) is 16.5. The van der Waals surface area contributed by atoms with Crippen LogP contribution in [0.3, 0.4) is 0 Å². The number of carbonyl (C=O) groups is 3. The number of anilines is 4. The van der Waals surface area contributed by atoms with Crippen LogP contribution in [0.4, 0.5) is 27.5 Å². The van der Waals surface area contributed by atoms with Gasteiger partial charge in [-0.15, -0.1) is 0 Å². The van der Waals surface area contributed by atoms with Crippen molar-refractivity contribution in [3.05, 3.63) is 72.8 Å². The lowest BCUT2D eigenvalue weighted by atomic mass is 10.1. The number of fused-ring (bicyclic) bond motifs is 1. The van der Waals surface area contributed by atoms with Crippen molar-refractivity contribution in [1.82, 2.24) is 0 Å². The van der Waals surface area contributed by atoms with E-state index in [1.54, 1.807) is 59.5 Å². The van der Waals surface area contributed by atoms with Crippen molar-refractivity contribution in [2.24, 2.45) is 5.92 Å². The van der Waals surface area contributed by atoms with E-state index in [2.05, 4.69) is 16.0 Å². The van der Waals surface area contributed by atoms with Gasteiger partial charge < -0.3 is 30.3 Å². The smallest absolute Gasteiger partial charge is 0.323 e. The van der Waals surface area contributed by atoms with E-state index >= 15 is 0 Å². The highest BCUT2D eigenvalue weighted by Gasteiger charge is 2.35. The first-order valence-corrected chi connectivity index (χ1v) is 10.8. The van der Waals surface area contributed by atoms with Gasteiger partial charge in [0.2, 0.25) is 18.6 Å². The molecule has 3 aromatic carbocycles. The lowest BCUT2D eigenvalue weighted by Gasteiger charge is -2.17. The minimum atomic E-state index is -0.504. The summed E-state index contributed by atoms with van der Waals surface area (Å²) in [6.45, 7) is 0.418. The third-order valence-corrected chi connectivity index (χ3v) is 5.58. The second-order valence-electron chi connectivity index (χ2n) is 7.96. The number of rotatable bonds is 5. The van der Waals surface area contributed by atoms with Gasteiger partial charge in [0.05, 0.1) is 5.92 Å². The maximum absolute atomic E-state index is 12.9. The Morgan fingerprint density at radius 1 is 0.794 bits per heavy atom. The fourth-order valence-corrected chi connectivity index (χ4v) is 3.92. The molecule has 1 unspecified atom stereocenters. The van der Waals surface area contributed by atoms with Crippen LogP contribution in [0.25, 0.3) is 0 Å². The minimum Gasteiger partial charge on any atom is -0.454 e. The molecule has 0 bridgehead atoms. The van der Waals surface area contributed by atoms with Crippen LogP contribution in [0.15, 0.2) is 72.8 Å². The molecule has 1 atom stereocenters. The molecule has 2 heterocycles. The molecule has 1 fully saturated rings. The van der Waals surface area contributed by atoms with Gasteiger partial charge in [-0.3, -0.25) is 9.59 Å². The molecule has 172 valence electrons. The molecule has 0 saturated carbocycles. The number of para-hydroxylation sites is 1. The van der Waals surface area contributed by atoms with E-state index in [-0.39, 0.29) is 31.6 Å². The van der Waals surface area contributed by atoms with E-state index in [0.717, 1.165) is 0 Å². The van der Waals surface area contributed by atoms with Crippen molar-refractivity contribution in [3.8, 4) is 11.5 Å². The summed E-state index contributed by atoms with van der Waals surface area (Å²) in [4.78, 5) is 39.3. The van der Waals surface area contributed by atoms with E-state index in [0.29, 0.717) is 34.2 Å². The minimum absolute atomic E-state index is 0.109. The largest absolute Gasteiger partial charge is 0.454 e. The first-order valence-electron chi connectivity index (χ1n) is 10.8. The number of ether oxygens (including phenoxy) is 2. The van der Waals surface area contributed by atoms with Crippen molar-refractivity contribution >= 4 is 40.6 Å². The van der Waals surface area contributed by atoms with Gasteiger partial charge in [-0.25, -0.2) is 4.79 Å². The predicted molar refractivity (Wildman–Crippen MR) is 127 cm³/mol. The van der Waals surface area contributed by atoms with Crippen LogP contribution in [0.5, 0.6) is 11.5 Å². The van der Waals surface area contributed by atoms with Crippen LogP contribution in [0, 0.1) is 5.92 Å². The van der Waals surface area contributed by atoms with E-state index < -0.39 is 11.9 Å². The van der Waals surface area contributed by atoms with E-state index in [4.69, 9.17) is 9.47 Å². The molecular formula is C25H22N4O5. The average Bonchev–Trinajstić information content (AvgIpc) is 3.46. The van der Waals surface area contributed by atoms with Crippen molar-refractivity contribution < 1.29 is 23.9 Å². The third kappa shape index (κ3) is 4.63. The Hall–Kier alpha value is -4.53. The highest BCUT2D eigenvalue weighted by Crippen LogP contribution is 2.37. The first kappa shape index (κ1) is 21.3. The molecule has 5 rings (SSSR count). The van der Waals surface area contributed by atoms with Gasteiger partial charge in [0.25, 0.3) is 0 Å². The Bertz CT molecular complexity index is 1250. The van der Waals surface area contributed by atoms with Gasteiger partial charge in [0.15, 0.2) is 11.5 Å². The van der Waals surface area contributed by atoms with Crippen LogP contribution in [-0.2, 0) is 9.59 Å². The molecule has 34 heavy (non-hydrogen) atoms. The summed E-state index contributed by atoms with van der Waals surface area (Å²) in [5, 5.41) is 8.33. The molecule has 0 aliphatic carbocycles. The summed E-state index contributed by atoms with van der Waals surface area (Å²) in [5.74, 6) is 0.319. The molecule has 2 aliphatic heterocycles. The highest BCUT2D eigenvalue weighted by atomic mass is 16.7. The molecule has 3 N–H and O–H groups in total. The average molecular weight is 458 g/mol. The monoisotopic (exact) mass is 458 g/mol. The lowest BCUT2D eigenvalue weighted by Crippen LogP contribution is -2.28. The summed E-state index contributed by atoms with van der Waals surface area (Å²) in [5.41, 5.74) is 2.38. The summed E-state index contributed by atoms with van der Waals surface area (Å²) < 4.78 is 10.7. The second kappa shape index (κ2) is 9.14. The number of nitrogens with one attached hydrogen (secondary N) is 3. The summed E-state index contributed by atoms with van der Waals surface area (Å²) in [6, 6.07) is 20.8. The fourth-order valence-electron chi connectivity index (χ4n) is 3.92. The quantitative estimate of drug-likeness (QED) is 0.535. The maximum atomic E-state index is 12.9. The third-order valence-electron chi connectivity index (χ3n) is 5.58. The van der Waals surface area contributed by atoms with Gasteiger partial charge in [-0.2, -0.15) is 0 Å². The van der Waals surface area contributed by atoms with Gasteiger partial charge in [-0.05, 0) is 42.5 Å². The van der Waals surface area contributed by atoms with E-state index in [1.807, 2.05) is 18.2 Å². The molecular weight excluding hydrogens is 436 g/mol. The molecule has 3 aromatic rings. The zero-order valence-corrected chi connectivity index (χ0v) is 18.1. The number of hydrogen-bond acceptors (Lipinski definition) is 5. The predicted octanol–water partition coefficient (Wildman–Crippen LogP) is 4.05. The number of nitrogens with zero attached hydrogens (tertiary/aromatic N) is 1. The Morgan fingerprint density at radius 3 is 2.32 bits per heavy atom. The molecule has 0 radical (unpaired) electrons. The van der Waals surface area contributed by atoms with Gasteiger partial charge >= 0.3 is 6.03 Å². The number of amides is 4. The van der Waals surface area contributed by atoms with Crippen LogP contribution in [0.2, 0.25) is 0 Å². The molecule has 2 aliphatic rings. The Morgan fingerprint density at radius 2 is 1.50 bits per heavy atom. The summed E-state index contributed by atoms with van der Waals surface area (Å²) in [7, 11) is 0. The summed E-state index contributed by atoms with van der Waals surface area (Å²) in [6.07, 6.45) is 0.109. The van der Waals surface area contributed by atoms with Crippen molar-refractivity contribution in [2.45, 2.75) is 6.42 Å². The standard InChI is InChI=1S/C25H22N4O5/c30-23-11-16(14-29(23)20-9-10-21-22(13-20)34-15-33-21)24(31)26-18-7-4-8-19(12-18)28-25(32)27-17-5-2-1-3-6-17/h1-10,12-13,16H,11,14-15H2,(H,26,31)(H2,27,28,32). The van der Waals surface area contributed by atoms with Crippen LogP contribution in [-0.4, -0.2) is 31.2 Å². The molecule has 0 spiro atoms. The van der Waals surface area contributed by atoms with Crippen LogP contribution < -0.4 is 30.3 Å². The molecule has 4 amide bonds. The Kier molecular flexibility index (Phi) is 5.73. The SMILES string of the molecule is O=C(Nc1ccccc1)Nc1cccc(NC(=O)C2CC(=O)N(c3ccc4c(c3)OCO4)C2)c1. The highest BCUT2D eigenvalue weighted by molar-refractivity contribution is 6.04. The molecule has 1 saturated heterocycles. The van der Waals surface area contributed by atoms with Crippen LogP contribution >= 0.6 is 0 Å². The van der Waals surface area contributed by atoms with Crippen molar-refractivity contribution in [2.75, 3.05) is 34.2 Å². The molecule has 9 nitrogen and oxygen atoms in total. The number of carbonyl (C=O) groups excluding carboxylic acids is 3. The lowest BCUT2D eigenvalue weighted by molar-refractivity contribution is -0.122. The zero-order valence-electron chi connectivity index (χ0n) is 18.1. The molecule has 9 heteroatoms. The Balaban J connectivity index is 1.20. The Labute approximate surface area is 195 Å². The van der Waals surface area contributed by atoms with Crippen LogP contribution in [0.1, 0.15) is 6.42 Å². The topological polar surface area (TPSA) is 109 Å². The van der Waals surface area contributed by atoms with E-state index in [9.17, 15) is 14.4 Å².